The van der Waals surface area contributed by atoms with Crippen LogP contribution in [0.2, 0.25) is 0 Å². The molecule has 1 amide bonds. The van der Waals surface area contributed by atoms with Crippen LogP contribution in [-0.2, 0) is 17.8 Å². The third-order valence-electron chi connectivity index (χ3n) is 5.07. The molecule has 0 aliphatic carbocycles. The van der Waals surface area contributed by atoms with Crippen molar-refractivity contribution in [2.24, 2.45) is 0 Å². The lowest BCUT2D eigenvalue weighted by atomic mass is 10.1. The molecule has 3 heterocycles. The molecule has 0 bridgehead atoms. The first-order valence-corrected chi connectivity index (χ1v) is 9.52. The van der Waals surface area contributed by atoms with E-state index < -0.39 is 0 Å². The monoisotopic (exact) mass is 351 g/mol. The third kappa shape index (κ3) is 2.60. The van der Waals surface area contributed by atoms with E-state index >= 15 is 0 Å². The highest BCUT2D eigenvalue weighted by Crippen LogP contribution is 2.32. The van der Waals surface area contributed by atoms with Crippen molar-refractivity contribution < 1.29 is 4.79 Å². The maximum Gasteiger partial charge on any atom is 0.227 e. The molecule has 1 aliphatic heterocycles. The van der Waals surface area contributed by atoms with Gasteiger partial charge in [-0.1, -0.05) is 13.8 Å². The number of fused-ring (bicyclic) bond motifs is 3. The van der Waals surface area contributed by atoms with Gasteiger partial charge in [0.05, 0.1) is 11.0 Å². The molecule has 0 atom stereocenters. The minimum Gasteiger partial charge on any atom is -0.382 e. The highest BCUT2D eigenvalue weighted by molar-refractivity contribution is 6.08. The number of carbonyl (C=O) groups is 1. The predicted octanol–water partition coefficient (Wildman–Crippen LogP) is 3.66. The Morgan fingerprint density at radius 3 is 2.73 bits per heavy atom. The first-order valence-electron chi connectivity index (χ1n) is 9.52. The molecule has 2 aromatic heterocycles. The van der Waals surface area contributed by atoms with E-state index in [0.29, 0.717) is 12.2 Å². The summed E-state index contributed by atoms with van der Waals surface area (Å²) in [6, 6.07) is 6.07. The van der Waals surface area contributed by atoms with E-state index in [1.807, 2.05) is 17.0 Å². The van der Waals surface area contributed by atoms with Gasteiger partial charge in [0.25, 0.3) is 0 Å². The van der Waals surface area contributed by atoms with Crippen molar-refractivity contribution in [3.63, 3.8) is 0 Å². The number of hydrogen-bond donors (Lipinski definition) is 1. The molecular weight excluding hydrogens is 326 g/mol. The lowest BCUT2D eigenvalue weighted by molar-refractivity contribution is -0.117. The Balaban J connectivity index is 1.94. The first kappa shape index (κ1) is 16.8. The fourth-order valence-electron chi connectivity index (χ4n) is 3.91. The number of benzene rings is 1. The molecular formula is C20H25N5O. The summed E-state index contributed by atoms with van der Waals surface area (Å²) in [5.74, 6) is 1.72. The number of nitrogens with zero attached hydrogens (tertiary/aromatic N) is 4. The van der Waals surface area contributed by atoms with Crippen LogP contribution in [0.25, 0.3) is 21.9 Å². The maximum absolute atomic E-state index is 12.1. The molecule has 0 unspecified atom stereocenters. The van der Waals surface area contributed by atoms with E-state index in [2.05, 4.69) is 29.5 Å². The topological polar surface area (TPSA) is 77.0 Å². The predicted molar refractivity (Wildman–Crippen MR) is 105 cm³/mol. The lowest BCUT2D eigenvalue weighted by Crippen LogP contribution is -2.23. The smallest absolute Gasteiger partial charge is 0.227 e. The van der Waals surface area contributed by atoms with E-state index in [-0.39, 0.29) is 5.91 Å². The molecule has 0 spiro atoms. The molecule has 6 heteroatoms. The number of rotatable bonds is 5. The molecule has 6 nitrogen and oxygen atoms in total. The fraction of sp³-hybridized carbons (Fsp3) is 0.450. The summed E-state index contributed by atoms with van der Waals surface area (Å²) in [7, 11) is 0. The molecule has 2 N–H and O–H groups in total. The Bertz CT molecular complexity index is 991. The summed E-state index contributed by atoms with van der Waals surface area (Å²) >= 11 is 0. The number of aryl methyl sites for hydroxylation is 2. The van der Waals surface area contributed by atoms with Crippen molar-refractivity contribution in [1.29, 1.82) is 0 Å². The number of carbonyl (C=O) groups excluding carboxylic acids is 1. The van der Waals surface area contributed by atoms with Crippen LogP contribution < -0.4 is 10.6 Å². The van der Waals surface area contributed by atoms with Gasteiger partial charge >= 0.3 is 0 Å². The number of hydrogen-bond acceptors (Lipinski definition) is 4. The van der Waals surface area contributed by atoms with Crippen molar-refractivity contribution in [3.8, 4) is 0 Å². The van der Waals surface area contributed by atoms with Crippen molar-refractivity contribution >= 4 is 39.3 Å². The van der Waals surface area contributed by atoms with Gasteiger partial charge in [0.1, 0.15) is 11.3 Å². The molecule has 0 saturated carbocycles. The summed E-state index contributed by atoms with van der Waals surface area (Å²) in [5.41, 5.74) is 9.85. The number of anilines is 2. The zero-order valence-corrected chi connectivity index (χ0v) is 15.5. The van der Waals surface area contributed by atoms with Gasteiger partial charge < -0.3 is 15.2 Å². The van der Waals surface area contributed by atoms with Crippen molar-refractivity contribution in [2.75, 3.05) is 17.2 Å². The van der Waals surface area contributed by atoms with E-state index in [4.69, 9.17) is 10.7 Å². The quantitative estimate of drug-likeness (QED) is 0.761. The van der Waals surface area contributed by atoms with Crippen LogP contribution in [0.15, 0.2) is 18.2 Å². The maximum atomic E-state index is 12.1. The summed E-state index contributed by atoms with van der Waals surface area (Å²) in [5, 5.41) is 1.05. The van der Waals surface area contributed by atoms with Gasteiger partial charge in [-0.2, -0.15) is 0 Å². The standard InChI is InChI=1S/C20H25N5O/c1-3-6-16-23-18-19(25(16)10-4-2)14-9-8-13(12-15(14)22-20(18)21)24-11-5-7-17(24)26/h8-9,12H,3-7,10-11H2,1-2H3,(H2,21,22). The van der Waals surface area contributed by atoms with E-state index in [1.54, 1.807) is 0 Å². The van der Waals surface area contributed by atoms with Crippen LogP contribution in [0.1, 0.15) is 45.4 Å². The normalized spacial score (nSPS) is 14.8. The van der Waals surface area contributed by atoms with Gasteiger partial charge in [-0.3, -0.25) is 4.79 Å². The highest BCUT2D eigenvalue weighted by Gasteiger charge is 2.23. The van der Waals surface area contributed by atoms with Gasteiger partial charge in [0, 0.05) is 37.0 Å². The van der Waals surface area contributed by atoms with E-state index in [0.717, 1.165) is 72.2 Å². The summed E-state index contributed by atoms with van der Waals surface area (Å²) in [4.78, 5) is 23.3. The lowest BCUT2D eigenvalue weighted by Gasteiger charge is -2.16. The molecule has 1 saturated heterocycles. The zero-order valence-electron chi connectivity index (χ0n) is 15.5. The van der Waals surface area contributed by atoms with Gasteiger partial charge in [-0.05, 0) is 37.5 Å². The molecule has 1 aliphatic rings. The number of aromatic nitrogens is 3. The highest BCUT2D eigenvalue weighted by atomic mass is 16.2. The van der Waals surface area contributed by atoms with Crippen LogP contribution in [-0.4, -0.2) is 27.0 Å². The summed E-state index contributed by atoms with van der Waals surface area (Å²) in [6.07, 6.45) is 4.53. The largest absolute Gasteiger partial charge is 0.382 e. The second kappa shape index (κ2) is 6.59. The van der Waals surface area contributed by atoms with Crippen molar-refractivity contribution in [1.82, 2.24) is 14.5 Å². The van der Waals surface area contributed by atoms with Crippen LogP contribution in [0.3, 0.4) is 0 Å². The van der Waals surface area contributed by atoms with Crippen LogP contribution in [0, 0.1) is 0 Å². The van der Waals surface area contributed by atoms with Gasteiger partial charge in [0.15, 0.2) is 5.82 Å². The van der Waals surface area contributed by atoms with Gasteiger partial charge in [-0.15, -0.1) is 0 Å². The Morgan fingerprint density at radius 1 is 1.19 bits per heavy atom. The molecule has 0 radical (unpaired) electrons. The number of pyridine rings is 1. The Kier molecular flexibility index (Phi) is 4.26. The van der Waals surface area contributed by atoms with Gasteiger partial charge in [-0.25, -0.2) is 9.97 Å². The molecule has 1 fully saturated rings. The average molecular weight is 351 g/mol. The van der Waals surface area contributed by atoms with Crippen LogP contribution >= 0.6 is 0 Å². The van der Waals surface area contributed by atoms with Crippen molar-refractivity contribution in [3.05, 3.63) is 24.0 Å². The number of imidazole rings is 1. The molecule has 136 valence electrons. The SMILES string of the molecule is CCCc1nc2c(N)nc3cc(N4CCCC4=O)ccc3c2n1CCC. The third-order valence-corrected chi connectivity index (χ3v) is 5.07. The average Bonchev–Trinajstić information content (AvgIpc) is 3.20. The Hall–Kier alpha value is -2.63. The minimum atomic E-state index is 0.180. The summed E-state index contributed by atoms with van der Waals surface area (Å²) < 4.78 is 2.29. The Labute approximate surface area is 153 Å². The first-order chi connectivity index (χ1) is 12.6. The number of nitrogen functional groups attached to an aromatic ring is 1. The number of amides is 1. The van der Waals surface area contributed by atoms with E-state index in [9.17, 15) is 4.79 Å². The van der Waals surface area contributed by atoms with Crippen LogP contribution in [0.4, 0.5) is 11.5 Å². The fourth-order valence-corrected chi connectivity index (χ4v) is 3.91. The second-order valence-corrected chi connectivity index (χ2v) is 6.97. The zero-order chi connectivity index (χ0) is 18.3. The minimum absolute atomic E-state index is 0.180. The molecule has 3 aromatic rings. The van der Waals surface area contributed by atoms with Gasteiger partial charge in [0.2, 0.25) is 5.91 Å². The van der Waals surface area contributed by atoms with Crippen LogP contribution in [0.5, 0.6) is 0 Å². The second-order valence-electron chi connectivity index (χ2n) is 6.97. The molecule has 1 aromatic carbocycles. The molecule has 4 rings (SSSR count). The van der Waals surface area contributed by atoms with Crippen molar-refractivity contribution in [2.45, 2.75) is 52.5 Å². The van der Waals surface area contributed by atoms with E-state index in [1.165, 1.54) is 0 Å². The summed E-state index contributed by atoms with van der Waals surface area (Å²) in [6.45, 7) is 6.02. The number of nitrogens with two attached hydrogens (primary N) is 1. The Morgan fingerprint density at radius 2 is 2.04 bits per heavy atom. The molecule has 26 heavy (non-hydrogen) atoms.